The van der Waals surface area contributed by atoms with E-state index in [9.17, 15) is 9.90 Å². The van der Waals surface area contributed by atoms with Crippen molar-refractivity contribution in [1.29, 1.82) is 0 Å². The fourth-order valence-corrected chi connectivity index (χ4v) is 4.26. The summed E-state index contributed by atoms with van der Waals surface area (Å²) in [5.41, 5.74) is 4.16. The molecule has 0 unspecified atom stereocenters. The fraction of sp³-hybridized carbons (Fsp3) is 0. The highest BCUT2D eigenvalue weighted by atomic mass is 16.6. The number of hydrogen-bond acceptors (Lipinski definition) is 3. The molecule has 3 N–H and O–H groups in total. The number of carboxylic acids is 1. The van der Waals surface area contributed by atoms with Crippen molar-refractivity contribution < 1.29 is 14.7 Å². The average molecular weight is 447 g/mol. The Morgan fingerprint density at radius 3 is 2.35 bits per heavy atom. The van der Waals surface area contributed by atoms with Crippen LogP contribution < -0.4 is 5.90 Å². The van der Waals surface area contributed by atoms with E-state index in [4.69, 9.17) is 10.7 Å². The normalized spacial score (nSPS) is 11.6. The molecule has 0 aliphatic heterocycles. The van der Waals surface area contributed by atoms with E-state index in [-0.39, 0.29) is 5.56 Å². The maximum Gasteiger partial charge on any atom is 0.335 e. The molecule has 5 rings (SSSR count). The summed E-state index contributed by atoms with van der Waals surface area (Å²) in [7, 11) is 0. The first kappa shape index (κ1) is 21.2. The van der Waals surface area contributed by atoms with Gasteiger partial charge in [0, 0.05) is 11.1 Å². The van der Waals surface area contributed by atoms with Gasteiger partial charge in [0.25, 0.3) is 0 Å². The lowest BCUT2D eigenvalue weighted by molar-refractivity contribution is 0.0697. The van der Waals surface area contributed by atoms with Gasteiger partial charge in [-0.15, -0.1) is 0 Å². The van der Waals surface area contributed by atoms with Crippen molar-refractivity contribution in [1.82, 2.24) is 4.57 Å². The predicted molar refractivity (Wildman–Crippen MR) is 136 cm³/mol. The van der Waals surface area contributed by atoms with Gasteiger partial charge in [-0.05, 0) is 58.3 Å². The second-order valence-electron chi connectivity index (χ2n) is 7.96. The third-order valence-electron chi connectivity index (χ3n) is 5.89. The highest BCUT2D eigenvalue weighted by Crippen LogP contribution is 2.34. The molecule has 0 aliphatic rings. The van der Waals surface area contributed by atoms with Crippen molar-refractivity contribution in [2.45, 2.75) is 0 Å². The van der Waals surface area contributed by atoms with Gasteiger partial charge in [0.05, 0.1) is 16.8 Å². The maximum absolute atomic E-state index is 11.7. The highest BCUT2D eigenvalue weighted by Gasteiger charge is 2.18. The molecule has 0 spiro atoms. The molecule has 1 aromatic heterocycles. The van der Waals surface area contributed by atoms with Gasteiger partial charge in [0.15, 0.2) is 5.76 Å². The first-order valence-corrected chi connectivity index (χ1v) is 10.8. The number of aromatic carboxylic acids is 1. The molecule has 0 bridgehead atoms. The number of allylic oxidation sites excluding steroid dienone is 2. The van der Waals surface area contributed by atoms with Gasteiger partial charge < -0.3 is 14.5 Å². The molecule has 1 heterocycles. The second kappa shape index (κ2) is 8.73. The van der Waals surface area contributed by atoms with Gasteiger partial charge in [-0.1, -0.05) is 73.3 Å². The topological polar surface area (TPSA) is 77.5 Å². The van der Waals surface area contributed by atoms with E-state index in [0.29, 0.717) is 17.1 Å². The Morgan fingerprint density at radius 1 is 0.853 bits per heavy atom. The monoisotopic (exact) mass is 446 g/mol. The van der Waals surface area contributed by atoms with Crippen molar-refractivity contribution >= 4 is 39.0 Å². The summed E-state index contributed by atoms with van der Waals surface area (Å²) >= 11 is 0. The van der Waals surface area contributed by atoms with E-state index in [1.54, 1.807) is 24.3 Å². The number of fused-ring (bicyclic) bond motifs is 3. The SMILES string of the molecule is C=C(/C=C(\ON)c1cc2c3ccccc3ccc2n1-c1cccc(C(=O)O)c1)c1ccccc1. The molecule has 0 saturated heterocycles. The van der Waals surface area contributed by atoms with Crippen LogP contribution in [0.25, 0.3) is 38.7 Å². The largest absolute Gasteiger partial charge is 0.478 e. The lowest BCUT2D eigenvalue weighted by Gasteiger charge is -2.14. The molecule has 0 amide bonds. The average Bonchev–Trinajstić information content (AvgIpc) is 3.27. The van der Waals surface area contributed by atoms with Crippen LogP contribution in [-0.4, -0.2) is 15.6 Å². The number of nitrogens with zero attached hydrogens (tertiary/aromatic N) is 1. The Balaban J connectivity index is 1.79. The summed E-state index contributed by atoms with van der Waals surface area (Å²) in [5, 5.41) is 12.7. The van der Waals surface area contributed by atoms with Crippen molar-refractivity contribution in [3.8, 4) is 5.69 Å². The Bertz CT molecular complexity index is 1580. The summed E-state index contributed by atoms with van der Waals surface area (Å²) in [4.78, 5) is 17.0. The van der Waals surface area contributed by atoms with E-state index in [0.717, 1.165) is 32.8 Å². The van der Waals surface area contributed by atoms with E-state index < -0.39 is 5.97 Å². The summed E-state index contributed by atoms with van der Waals surface area (Å²) in [6.07, 6.45) is 1.79. The van der Waals surface area contributed by atoms with Crippen LogP contribution in [0.3, 0.4) is 0 Å². The third kappa shape index (κ3) is 3.74. The number of benzene rings is 4. The van der Waals surface area contributed by atoms with Crippen molar-refractivity contribution in [3.05, 3.63) is 127 Å². The molecule has 4 aromatic carbocycles. The van der Waals surface area contributed by atoms with E-state index in [2.05, 4.69) is 24.8 Å². The summed E-state index contributed by atoms with van der Waals surface area (Å²) < 4.78 is 1.96. The second-order valence-corrected chi connectivity index (χ2v) is 7.96. The zero-order chi connectivity index (χ0) is 23.7. The number of nitrogens with two attached hydrogens (primary N) is 1. The zero-order valence-electron chi connectivity index (χ0n) is 18.3. The number of carboxylic acid groups (broad SMARTS) is 1. The minimum atomic E-state index is -0.992. The molecule has 5 heteroatoms. The fourth-order valence-electron chi connectivity index (χ4n) is 4.26. The first-order chi connectivity index (χ1) is 16.6. The zero-order valence-corrected chi connectivity index (χ0v) is 18.3. The molecule has 0 fully saturated rings. The van der Waals surface area contributed by atoms with Gasteiger partial charge in [-0.25, -0.2) is 4.79 Å². The van der Waals surface area contributed by atoms with Gasteiger partial charge in [-0.3, -0.25) is 0 Å². The minimum Gasteiger partial charge on any atom is -0.478 e. The molecule has 0 saturated carbocycles. The van der Waals surface area contributed by atoms with Gasteiger partial charge in [0.1, 0.15) is 0 Å². The van der Waals surface area contributed by atoms with Crippen LogP contribution in [0.1, 0.15) is 21.6 Å². The number of carbonyl (C=O) groups is 1. The molecular weight excluding hydrogens is 424 g/mol. The standard InChI is InChI=1S/C29H22N2O3/c1-19(20-8-3-2-4-9-20)16-28(34-30)27-18-25-24-13-6-5-10-21(24)14-15-26(25)31(27)23-12-7-11-22(17-23)29(32)33/h2-18H,1,30H2,(H,32,33)/b28-16-. The smallest absolute Gasteiger partial charge is 0.335 e. The Morgan fingerprint density at radius 2 is 1.59 bits per heavy atom. The number of rotatable bonds is 6. The quantitative estimate of drug-likeness (QED) is 0.179. The maximum atomic E-state index is 11.7. The lowest BCUT2D eigenvalue weighted by Crippen LogP contribution is -2.06. The van der Waals surface area contributed by atoms with Crippen molar-refractivity contribution in [3.63, 3.8) is 0 Å². The van der Waals surface area contributed by atoms with E-state index >= 15 is 0 Å². The first-order valence-electron chi connectivity index (χ1n) is 10.8. The van der Waals surface area contributed by atoms with E-state index in [1.165, 1.54) is 0 Å². The molecule has 5 nitrogen and oxygen atoms in total. The lowest BCUT2D eigenvalue weighted by atomic mass is 10.1. The molecule has 34 heavy (non-hydrogen) atoms. The van der Waals surface area contributed by atoms with Crippen molar-refractivity contribution in [2.24, 2.45) is 5.90 Å². The summed E-state index contributed by atoms with van der Waals surface area (Å²) in [6.45, 7) is 4.18. The van der Waals surface area contributed by atoms with Gasteiger partial charge in [-0.2, -0.15) is 5.90 Å². The molecule has 0 radical (unpaired) electrons. The Labute approximate surface area is 196 Å². The van der Waals surface area contributed by atoms with Crippen LogP contribution in [-0.2, 0) is 4.84 Å². The van der Waals surface area contributed by atoms with Crippen LogP contribution in [0, 0.1) is 0 Å². The summed E-state index contributed by atoms with van der Waals surface area (Å²) in [5.74, 6) is 5.19. The van der Waals surface area contributed by atoms with Gasteiger partial charge >= 0.3 is 5.97 Å². The van der Waals surface area contributed by atoms with Gasteiger partial charge in [0.2, 0.25) is 0 Å². The third-order valence-corrected chi connectivity index (χ3v) is 5.89. The molecule has 0 aliphatic carbocycles. The predicted octanol–water partition coefficient (Wildman–Crippen LogP) is 6.43. The van der Waals surface area contributed by atoms with Crippen LogP contribution in [0.4, 0.5) is 0 Å². The Kier molecular flexibility index (Phi) is 5.46. The molecule has 166 valence electrons. The highest BCUT2D eigenvalue weighted by molar-refractivity contribution is 6.08. The van der Waals surface area contributed by atoms with Crippen LogP contribution in [0.5, 0.6) is 0 Å². The van der Waals surface area contributed by atoms with Crippen molar-refractivity contribution in [2.75, 3.05) is 0 Å². The minimum absolute atomic E-state index is 0.194. The van der Waals surface area contributed by atoms with Crippen LogP contribution in [0.15, 0.2) is 110 Å². The summed E-state index contributed by atoms with van der Waals surface area (Å²) in [6, 6.07) is 30.8. The number of hydrogen-bond donors (Lipinski definition) is 2. The Hall–Kier alpha value is -4.61. The molecule has 5 aromatic rings. The van der Waals surface area contributed by atoms with Crippen LogP contribution >= 0.6 is 0 Å². The number of aromatic nitrogens is 1. The van der Waals surface area contributed by atoms with E-state index in [1.807, 2.05) is 65.2 Å². The molecule has 0 atom stereocenters. The van der Waals surface area contributed by atoms with Crippen LogP contribution in [0.2, 0.25) is 0 Å². The molecular formula is C29H22N2O3.